The summed E-state index contributed by atoms with van der Waals surface area (Å²) >= 11 is 6.13. The molecule has 0 saturated carbocycles. The third-order valence-electron chi connectivity index (χ3n) is 4.05. The molecule has 9 heteroatoms. The molecule has 0 atom stereocenters. The van der Waals surface area contributed by atoms with Crippen molar-refractivity contribution in [3.05, 3.63) is 70.6 Å². The lowest BCUT2D eigenvalue weighted by molar-refractivity contribution is -0.119. The molecule has 0 fully saturated rings. The first-order valence-corrected chi connectivity index (χ1v) is 10.7. The predicted molar refractivity (Wildman–Crippen MR) is 131 cm³/mol. The number of carbonyl (C=O) groups is 2. The third kappa shape index (κ3) is 8.31. The zero-order chi connectivity index (χ0) is 24.8. The zero-order valence-corrected chi connectivity index (χ0v) is 20.1. The Kier molecular flexibility index (Phi) is 11.8. The Morgan fingerprint density at radius 2 is 1.88 bits per heavy atom. The molecule has 0 aliphatic heterocycles. The summed E-state index contributed by atoms with van der Waals surface area (Å²) in [6, 6.07) is 13.5. The van der Waals surface area contributed by atoms with Crippen LogP contribution in [0.4, 0.5) is 5.69 Å². The van der Waals surface area contributed by atoms with Crippen LogP contribution in [0.3, 0.4) is 0 Å². The van der Waals surface area contributed by atoms with E-state index in [0.29, 0.717) is 33.3 Å². The number of nitrogens with one attached hydrogen (secondary N) is 2. The Morgan fingerprint density at radius 1 is 1.21 bits per heavy atom. The first-order valence-electron chi connectivity index (χ1n) is 10.3. The molecular weight excluding hydrogens is 442 g/mol. The minimum atomic E-state index is -0.358. The van der Waals surface area contributed by atoms with Crippen LogP contribution in [0.25, 0.3) is 0 Å². The van der Waals surface area contributed by atoms with Gasteiger partial charge < -0.3 is 15.4 Å². The smallest absolute Gasteiger partial charge is 0.251 e. The first-order chi connectivity index (χ1) is 15.9. The number of likely N-dealkylation sites (N-methyl/N-ethyl adjacent to an activating group) is 1. The summed E-state index contributed by atoms with van der Waals surface area (Å²) in [5.74, 6) is -0.125. The van der Waals surface area contributed by atoms with E-state index >= 15 is 0 Å². The van der Waals surface area contributed by atoms with Gasteiger partial charge in [0.2, 0.25) is 5.91 Å². The number of nitrogens with zero attached hydrogens (tertiary/aromatic N) is 3. The fraction of sp³-hybridized carbons (Fsp3) is 0.250. The third-order valence-corrected chi connectivity index (χ3v) is 4.37. The fourth-order valence-electron chi connectivity index (χ4n) is 2.44. The Labute approximate surface area is 199 Å². The van der Waals surface area contributed by atoms with Crippen LogP contribution in [-0.4, -0.2) is 31.6 Å². The van der Waals surface area contributed by atoms with Crippen molar-refractivity contribution in [1.82, 2.24) is 10.6 Å². The van der Waals surface area contributed by atoms with Gasteiger partial charge in [-0.1, -0.05) is 25.4 Å². The summed E-state index contributed by atoms with van der Waals surface area (Å²) in [4.78, 5) is 23.3. The van der Waals surface area contributed by atoms with Gasteiger partial charge in [-0.15, -0.1) is 0 Å². The molecule has 0 unspecified atom stereocenters. The van der Waals surface area contributed by atoms with Gasteiger partial charge in [0.1, 0.15) is 18.1 Å². The molecule has 2 N–H and O–H groups in total. The average molecular weight is 470 g/mol. The maximum Gasteiger partial charge on any atom is 0.251 e. The number of hydrogen-bond donors (Lipinski definition) is 2. The molecule has 2 amide bonds. The number of nitriles is 1. The van der Waals surface area contributed by atoms with Crippen LogP contribution in [0, 0.1) is 11.3 Å². The summed E-state index contributed by atoms with van der Waals surface area (Å²) in [5, 5.41) is 20.3. The number of ether oxygens (including phenoxy) is 1. The number of halogens is 1. The van der Waals surface area contributed by atoms with Gasteiger partial charge >= 0.3 is 0 Å². The van der Waals surface area contributed by atoms with Gasteiger partial charge in [-0.25, -0.2) is 5.01 Å². The lowest BCUT2D eigenvalue weighted by Crippen LogP contribution is -2.35. The molecule has 0 saturated heterocycles. The molecule has 0 aliphatic carbocycles. The molecule has 2 aromatic rings. The van der Waals surface area contributed by atoms with Crippen molar-refractivity contribution in [3.8, 4) is 11.8 Å². The SMILES string of the molecule is C/C=N/N(/C(C)=C/Oc1ccc(C(=O)NCC(=O)NC)cc1)c1ccc(C#N)c(Cl)c1.CC. The lowest BCUT2D eigenvalue weighted by atomic mass is 10.2. The Bertz CT molecular complexity index is 1040. The van der Waals surface area contributed by atoms with Crippen LogP contribution < -0.4 is 20.4 Å². The number of hydrazone groups is 1. The summed E-state index contributed by atoms with van der Waals surface area (Å²) in [7, 11) is 1.50. The van der Waals surface area contributed by atoms with E-state index in [4.69, 9.17) is 21.6 Å². The maximum absolute atomic E-state index is 12.0. The normalized spacial score (nSPS) is 10.5. The molecule has 0 spiro atoms. The minimum Gasteiger partial charge on any atom is -0.463 e. The van der Waals surface area contributed by atoms with E-state index in [1.54, 1.807) is 67.5 Å². The van der Waals surface area contributed by atoms with E-state index in [1.807, 2.05) is 19.9 Å². The molecule has 0 aliphatic rings. The molecule has 8 nitrogen and oxygen atoms in total. The van der Waals surface area contributed by atoms with E-state index in [9.17, 15) is 9.59 Å². The van der Waals surface area contributed by atoms with Crippen LogP contribution in [0.5, 0.6) is 5.75 Å². The number of benzene rings is 2. The molecule has 0 bridgehead atoms. The minimum absolute atomic E-state index is 0.0946. The van der Waals surface area contributed by atoms with Gasteiger partial charge in [0.25, 0.3) is 5.91 Å². The highest BCUT2D eigenvalue weighted by molar-refractivity contribution is 6.32. The second-order valence-corrected chi connectivity index (χ2v) is 6.63. The monoisotopic (exact) mass is 469 g/mol. The number of anilines is 1. The molecule has 0 radical (unpaired) electrons. The van der Waals surface area contributed by atoms with Crippen molar-refractivity contribution in [2.45, 2.75) is 27.7 Å². The Balaban J connectivity index is 0.00000265. The number of hydrogen-bond acceptors (Lipinski definition) is 6. The molecule has 174 valence electrons. The topological polar surface area (TPSA) is 107 Å². The summed E-state index contributed by atoms with van der Waals surface area (Å²) in [6.07, 6.45) is 3.13. The lowest BCUT2D eigenvalue weighted by Gasteiger charge is -2.20. The van der Waals surface area contributed by atoms with Gasteiger partial charge in [-0.2, -0.15) is 10.4 Å². The van der Waals surface area contributed by atoms with Crippen molar-refractivity contribution in [3.63, 3.8) is 0 Å². The van der Waals surface area contributed by atoms with Gasteiger partial charge in [-0.05, 0) is 56.3 Å². The quantitative estimate of drug-likeness (QED) is 0.337. The van der Waals surface area contributed by atoms with E-state index in [2.05, 4.69) is 15.7 Å². The fourth-order valence-corrected chi connectivity index (χ4v) is 2.66. The number of carbonyl (C=O) groups excluding carboxylic acids is 2. The maximum atomic E-state index is 12.0. The van der Waals surface area contributed by atoms with Crippen LogP contribution in [-0.2, 0) is 4.79 Å². The summed E-state index contributed by atoms with van der Waals surface area (Å²) in [5.41, 5.74) is 2.11. The molecule has 33 heavy (non-hydrogen) atoms. The average Bonchev–Trinajstić information content (AvgIpc) is 2.85. The van der Waals surface area contributed by atoms with E-state index < -0.39 is 0 Å². The molecule has 2 rings (SSSR count). The number of amides is 2. The standard InChI is InChI=1S/C22H22ClN5O3.C2H6/c1-4-27-28(18-8-5-17(12-24)20(23)11-18)15(2)14-31-19-9-6-16(7-10-19)22(30)26-13-21(29)25-3;1-2/h4-11,14H,13H2,1-3H3,(H,25,29)(H,26,30);1-2H3/b15-14+,27-4+;. The van der Waals surface area contributed by atoms with Gasteiger partial charge in [-0.3, -0.25) is 9.59 Å². The number of allylic oxidation sites excluding steroid dienone is 1. The summed E-state index contributed by atoms with van der Waals surface area (Å²) < 4.78 is 5.68. The number of rotatable bonds is 8. The second kappa shape index (κ2) is 14.3. The largest absolute Gasteiger partial charge is 0.463 e. The van der Waals surface area contributed by atoms with Crippen LogP contribution in [0.15, 0.2) is 59.5 Å². The second-order valence-electron chi connectivity index (χ2n) is 6.22. The van der Waals surface area contributed by atoms with Crippen molar-refractivity contribution in [2.75, 3.05) is 18.6 Å². The van der Waals surface area contributed by atoms with E-state index in [0.717, 1.165) is 0 Å². The highest BCUT2D eigenvalue weighted by atomic mass is 35.5. The highest BCUT2D eigenvalue weighted by Crippen LogP contribution is 2.26. The predicted octanol–water partition coefficient (Wildman–Crippen LogP) is 4.47. The highest BCUT2D eigenvalue weighted by Gasteiger charge is 2.11. The Morgan fingerprint density at radius 3 is 2.42 bits per heavy atom. The first kappa shape index (κ1) is 27.2. The van der Waals surface area contributed by atoms with Gasteiger partial charge in [0.05, 0.1) is 28.5 Å². The van der Waals surface area contributed by atoms with Crippen molar-refractivity contribution >= 4 is 35.3 Å². The summed E-state index contributed by atoms with van der Waals surface area (Å²) in [6.45, 7) is 7.49. The van der Waals surface area contributed by atoms with Crippen LogP contribution >= 0.6 is 11.6 Å². The zero-order valence-electron chi connectivity index (χ0n) is 19.3. The molecule has 2 aromatic carbocycles. The van der Waals surface area contributed by atoms with Crippen LogP contribution in [0.2, 0.25) is 5.02 Å². The van der Waals surface area contributed by atoms with Crippen LogP contribution in [0.1, 0.15) is 43.6 Å². The van der Waals surface area contributed by atoms with E-state index in [1.165, 1.54) is 13.3 Å². The molecule has 0 heterocycles. The molecular formula is C24H28ClN5O3. The van der Waals surface area contributed by atoms with Gasteiger partial charge in [0.15, 0.2) is 0 Å². The Hall–Kier alpha value is -3.83. The van der Waals surface area contributed by atoms with Crippen molar-refractivity contribution < 1.29 is 14.3 Å². The van der Waals surface area contributed by atoms with E-state index in [-0.39, 0.29) is 18.4 Å². The van der Waals surface area contributed by atoms with Gasteiger partial charge in [0, 0.05) is 18.8 Å². The molecule has 0 aromatic heterocycles. The van der Waals surface area contributed by atoms with Crippen molar-refractivity contribution in [2.24, 2.45) is 5.10 Å². The van der Waals surface area contributed by atoms with Crippen molar-refractivity contribution in [1.29, 1.82) is 5.26 Å².